The van der Waals surface area contributed by atoms with Gasteiger partial charge in [-0.15, -0.1) is 11.8 Å². The van der Waals surface area contributed by atoms with Crippen LogP contribution in [0.15, 0.2) is 65.2 Å². The lowest BCUT2D eigenvalue weighted by Crippen LogP contribution is -2.30. The van der Waals surface area contributed by atoms with Crippen molar-refractivity contribution in [3.05, 3.63) is 76.3 Å². The fourth-order valence-electron chi connectivity index (χ4n) is 2.80. The number of allylic oxidation sites excluding steroid dienone is 1. The first-order valence-corrected chi connectivity index (χ1v) is 9.18. The summed E-state index contributed by atoms with van der Waals surface area (Å²) in [7, 11) is 0. The minimum Gasteiger partial charge on any atom is -0.489 e. The summed E-state index contributed by atoms with van der Waals surface area (Å²) in [6, 6.07) is 19.9. The van der Waals surface area contributed by atoms with Crippen LogP contribution in [0.25, 0.3) is 0 Å². The molecule has 0 aromatic heterocycles. The zero-order chi connectivity index (χ0) is 17.6. The molecule has 4 nitrogen and oxygen atoms in total. The van der Waals surface area contributed by atoms with Crippen molar-refractivity contribution in [3.63, 3.8) is 0 Å². The lowest BCUT2D eigenvalue weighted by Gasteiger charge is -2.24. The first kappa shape index (κ1) is 17.1. The molecule has 0 unspecified atom stereocenters. The van der Waals surface area contributed by atoms with Crippen molar-refractivity contribution in [2.75, 3.05) is 6.26 Å². The highest BCUT2D eigenvalue weighted by atomic mass is 32.2. The Balaban J connectivity index is 1.75. The van der Waals surface area contributed by atoms with Crippen LogP contribution in [-0.2, 0) is 11.4 Å². The van der Waals surface area contributed by atoms with Gasteiger partial charge in [-0.05, 0) is 29.5 Å². The number of carbonyl (C=O) groups is 1. The van der Waals surface area contributed by atoms with Gasteiger partial charge in [-0.1, -0.05) is 42.5 Å². The van der Waals surface area contributed by atoms with Crippen molar-refractivity contribution < 1.29 is 9.53 Å². The van der Waals surface area contributed by atoms with Crippen molar-refractivity contribution in [2.45, 2.75) is 18.9 Å². The number of nitrogens with zero attached hydrogens (tertiary/aromatic N) is 1. The third-order valence-electron chi connectivity index (χ3n) is 4.09. The molecule has 0 saturated carbocycles. The summed E-state index contributed by atoms with van der Waals surface area (Å²) in [5, 5.41) is 12.9. The maximum Gasteiger partial charge on any atom is 0.225 e. The predicted molar refractivity (Wildman–Crippen MR) is 98.9 cm³/mol. The maximum absolute atomic E-state index is 11.9. The number of ether oxygens (including phenoxy) is 1. The van der Waals surface area contributed by atoms with Crippen molar-refractivity contribution in [1.29, 1.82) is 5.26 Å². The molecule has 5 heteroatoms. The summed E-state index contributed by atoms with van der Waals surface area (Å²) < 4.78 is 5.79. The first-order chi connectivity index (χ1) is 12.2. The molecule has 1 aliphatic rings. The van der Waals surface area contributed by atoms with E-state index in [0.29, 0.717) is 17.2 Å². The van der Waals surface area contributed by atoms with Gasteiger partial charge in [0.15, 0.2) is 0 Å². The molecule has 0 bridgehead atoms. The SMILES string of the molecule is CSC1=C(C#N)[C@@H](c2ccc(OCc3ccccc3)cc2)CC(=O)N1. The van der Waals surface area contributed by atoms with Crippen LogP contribution in [-0.4, -0.2) is 12.2 Å². The minimum atomic E-state index is -0.204. The van der Waals surface area contributed by atoms with Gasteiger partial charge in [0, 0.05) is 12.3 Å². The lowest BCUT2D eigenvalue weighted by atomic mass is 9.87. The zero-order valence-corrected chi connectivity index (χ0v) is 14.7. The van der Waals surface area contributed by atoms with Gasteiger partial charge in [0.05, 0.1) is 16.7 Å². The van der Waals surface area contributed by atoms with Crippen molar-refractivity contribution in [2.24, 2.45) is 0 Å². The summed E-state index contributed by atoms with van der Waals surface area (Å²) in [5.41, 5.74) is 2.67. The molecule has 1 atom stereocenters. The van der Waals surface area contributed by atoms with E-state index in [0.717, 1.165) is 16.9 Å². The normalized spacial score (nSPS) is 17.0. The highest BCUT2D eigenvalue weighted by molar-refractivity contribution is 8.02. The van der Waals surface area contributed by atoms with Gasteiger partial charge in [0.25, 0.3) is 0 Å². The van der Waals surface area contributed by atoms with Gasteiger partial charge < -0.3 is 10.1 Å². The fourth-order valence-corrected chi connectivity index (χ4v) is 3.43. The predicted octanol–water partition coefficient (Wildman–Crippen LogP) is 3.97. The zero-order valence-electron chi connectivity index (χ0n) is 13.9. The third-order valence-corrected chi connectivity index (χ3v) is 4.82. The maximum atomic E-state index is 11.9. The van der Waals surface area contributed by atoms with Crippen LogP contribution in [0.4, 0.5) is 0 Å². The Morgan fingerprint density at radius 2 is 1.92 bits per heavy atom. The van der Waals surface area contributed by atoms with Crippen LogP contribution < -0.4 is 10.1 Å². The van der Waals surface area contributed by atoms with E-state index in [1.54, 1.807) is 0 Å². The molecule has 2 aromatic carbocycles. The molecule has 0 radical (unpaired) electrons. The standard InChI is InChI=1S/C20H18N2O2S/c1-25-20-18(12-21)17(11-19(23)22-20)15-7-9-16(10-8-15)24-13-14-5-3-2-4-6-14/h2-10,17H,11,13H2,1H3,(H,22,23)/t17-/m1/s1. The number of hydrogen-bond donors (Lipinski definition) is 1. The second kappa shape index (κ2) is 7.91. The van der Waals surface area contributed by atoms with Gasteiger partial charge >= 0.3 is 0 Å². The van der Waals surface area contributed by atoms with Crippen LogP contribution in [0.1, 0.15) is 23.5 Å². The van der Waals surface area contributed by atoms with E-state index in [1.165, 1.54) is 11.8 Å². The number of nitriles is 1. The molecule has 1 N–H and O–H groups in total. The summed E-state index contributed by atoms with van der Waals surface area (Å²) in [6.45, 7) is 0.506. The smallest absolute Gasteiger partial charge is 0.225 e. The van der Waals surface area contributed by atoms with Crippen LogP contribution in [0.2, 0.25) is 0 Å². The molecule has 25 heavy (non-hydrogen) atoms. The number of nitrogens with one attached hydrogen (secondary N) is 1. The van der Waals surface area contributed by atoms with Gasteiger partial charge in [0.2, 0.25) is 5.91 Å². The monoisotopic (exact) mass is 350 g/mol. The van der Waals surface area contributed by atoms with E-state index < -0.39 is 0 Å². The summed E-state index contributed by atoms with van der Waals surface area (Å²) >= 11 is 1.39. The molecule has 1 aliphatic heterocycles. The summed E-state index contributed by atoms with van der Waals surface area (Å²) in [5.74, 6) is 0.502. The van der Waals surface area contributed by atoms with E-state index in [1.807, 2.05) is 60.9 Å². The highest BCUT2D eigenvalue weighted by Gasteiger charge is 2.28. The molecular formula is C20H18N2O2S. The molecule has 126 valence electrons. The van der Waals surface area contributed by atoms with Crippen LogP contribution in [0.3, 0.4) is 0 Å². The van der Waals surface area contributed by atoms with Gasteiger partial charge in [0.1, 0.15) is 12.4 Å². The van der Waals surface area contributed by atoms with E-state index in [2.05, 4.69) is 11.4 Å². The van der Waals surface area contributed by atoms with Gasteiger partial charge in [-0.3, -0.25) is 4.79 Å². The van der Waals surface area contributed by atoms with Crippen LogP contribution in [0, 0.1) is 11.3 Å². The average molecular weight is 350 g/mol. The quantitative estimate of drug-likeness (QED) is 0.886. The number of amides is 1. The van der Waals surface area contributed by atoms with E-state index in [-0.39, 0.29) is 18.2 Å². The molecule has 3 rings (SSSR count). The molecule has 0 spiro atoms. The Labute approximate surface area is 151 Å². The third kappa shape index (κ3) is 4.04. The Kier molecular flexibility index (Phi) is 5.42. The Bertz CT molecular complexity index is 823. The molecule has 0 saturated heterocycles. The molecular weight excluding hydrogens is 332 g/mol. The lowest BCUT2D eigenvalue weighted by molar-refractivity contribution is -0.120. The second-order valence-electron chi connectivity index (χ2n) is 5.71. The van der Waals surface area contributed by atoms with Crippen molar-refractivity contribution in [1.82, 2.24) is 5.32 Å². The van der Waals surface area contributed by atoms with Gasteiger partial charge in [-0.25, -0.2) is 0 Å². The average Bonchev–Trinajstić information content (AvgIpc) is 2.67. The topological polar surface area (TPSA) is 62.1 Å². The number of benzene rings is 2. The van der Waals surface area contributed by atoms with Crippen molar-refractivity contribution >= 4 is 17.7 Å². The second-order valence-corrected chi connectivity index (χ2v) is 6.52. The Morgan fingerprint density at radius 3 is 2.56 bits per heavy atom. The molecule has 0 aliphatic carbocycles. The Hall–Kier alpha value is -2.71. The largest absolute Gasteiger partial charge is 0.489 e. The number of rotatable bonds is 5. The molecule has 1 amide bonds. The number of thioether (sulfide) groups is 1. The van der Waals surface area contributed by atoms with Crippen LogP contribution in [0.5, 0.6) is 5.75 Å². The van der Waals surface area contributed by atoms with E-state index in [9.17, 15) is 10.1 Å². The summed E-state index contributed by atoms with van der Waals surface area (Å²) in [6.07, 6.45) is 2.15. The first-order valence-electron chi connectivity index (χ1n) is 7.96. The van der Waals surface area contributed by atoms with E-state index >= 15 is 0 Å². The number of hydrogen-bond acceptors (Lipinski definition) is 4. The van der Waals surface area contributed by atoms with Crippen LogP contribution >= 0.6 is 11.8 Å². The number of carbonyl (C=O) groups excluding carboxylic acids is 1. The molecule has 1 heterocycles. The van der Waals surface area contributed by atoms with Gasteiger partial charge in [-0.2, -0.15) is 5.26 Å². The fraction of sp³-hybridized carbons (Fsp3) is 0.200. The Morgan fingerprint density at radius 1 is 1.20 bits per heavy atom. The van der Waals surface area contributed by atoms with E-state index in [4.69, 9.17) is 4.74 Å². The summed E-state index contributed by atoms with van der Waals surface area (Å²) in [4.78, 5) is 11.9. The molecule has 2 aromatic rings. The minimum absolute atomic E-state index is 0.0576. The highest BCUT2D eigenvalue weighted by Crippen LogP contribution is 2.35. The van der Waals surface area contributed by atoms with Crippen molar-refractivity contribution in [3.8, 4) is 11.8 Å². The molecule has 0 fully saturated rings.